The van der Waals surface area contributed by atoms with Gasteiger partial charge in [-0.2, -0.15) is 0 Å². The van der Waals surface area contributed by atoms with E-state index in [1.807, 2.05) is 32.1 Å². The average molecular weight is 846 g/mol. The first kappa shape index (κ1) is 49.9. The van der Waals surface area contributed by atoms with Gasteiger partial charge in [0.15, 0.2) is 0 Å². The Morgan fingerprint density at radius 2 is 1.58 bits per heavy atom. The first-order valence-electron chi connectivity index (χ1n) is 22.4. The molecule has 340 valence electrons. The van der Waals surface area contributed by atoms with Crippen LogP contribution in [0.25, 0.3) is 0 Å². The largest absolute Gasteiger partial charge is 0.456 e. The molecule has 3 N–H and O–H groups in total. The Morgan fingerprint density at radius 1 is 0.900 bits per heavy atom. The second-order valence-corrected chi connectivity index (χ2v) is 18.2. The van der Waals surface area contributed by atoms with E-state index in [1.54, 1.807) is 21.0 Å². The second kappa shape index (κ2) is 23.1. The fourth-order valence-corrected chi connectivity index (χ4v) is 9.77. The van der Waals surface area contributed by atoms with Crippen LogP contribution in [0.1, 0.15) is 125 Å². The number of carbonyl (C=O) groups excluding carboxylic acids is 4. The molecule has 3 fully saturated rings. The number of methoxy groups -OCH3 is 3. The number of ether oxygens (including phenoxy) is 5. The van der Waals surface area contributed by atoms with E-state index >= 15 is 0 Å². The lowest BCUT2D eigenvalue weighted by Gasteiger charge is -2.47. The number of hydrogen-bond donors (Lipinski definition) is 3. The maximum Gasteiger partial charge on any atom is 0.329 e. The number of unbranched alkanes of at least 4 members (excludes halogenated alkanes) is 1. The van der Waals surface area contributed by atoms with Gasteiger partial charge in [-0.3, -0.25) is 14.4 Å². The molecular weight excluding hydrogens is 771 g/mol. The number of esters is 1. The van der Waals surface area contributed by atoms with Crippen molar-refractivity contribution in [3.05, 3.63) is 35.5 Å². The van der Waals surface area contributed by atoms with Crippen LogP contribution in [0.15, 0.2) is 35.5 Å². The van der Waals surface area contributed by atoms with E-state index in [0.29, 0.717) is 56.9 Å². The molecule has 0 radical (unpaired) electrons. The molecule has 4 aliphatic rings. The summed E-state index contributed by atoms with van der Waals surface area (Å²) in [5.74, 6) is -7.64. The molecular formula is C47H75NO12. The third-order valence-corrected chi connectivity index (χ3v) is 13.5. The number of allylic oxidation sites excluding steroid dienone is 5. The van der Waals surface area contributed by atoms with Crippen LogP contribution < -0.4 is 0 Å². The van der Waals surface area contributed by atoms with Crippen molar-refractivity contribution in [2.75, 3.05) is 27.9 Å². The van der Waals surface area contributed by atoms with Gasteiger partial charge in [-0.15, -0.1) is 0 Å². The van der Waals surface area contributed by atoms with Crippen LogP contribution in [0, 0.1) is 29.6 Å². The zero-order valence-corrected chi connectivity index (χ0v) is 37.7. The summed E-state index contributed by atoms with van der Waals surface area (Å²) in [7, 11) is 4.64. The molecule has 2 bridgehead atoms. The molecule has 1 amide bonds. The van der Waals surface area contributed by atoms with Gasteiger partial charge in [0.25, 0.3) is 11.7 Å². The number of hydrogen-bond acceptors (Lipinski definition) is 12. The molecule has 3 aliphatic heterocycles. The predicted octanol–water partition coefficient (Wildman–Crippen LogP) is 5.81. The number of Topliss-reactive ketones (excluding diaryl/α,β-unsaturated/α-hetero) is 2. The standard InChI is InChI=1S/C47H75NO12/c1-10-11-12-13-16-34-22-28(2)21-29(3)23-40(57-8)43-41(58-9)25-31(5)47(55,60-43)44(52)45(53)48-20-15-14-17-35(48)46(54)59-42(32(6)37(50)27-38(34)51)30(4)24-33-18-19-36(49)39(26-33)56-7/h12-13,22,24,29,31-37,39-43,49-50,55H,10-11,14-21,23,25-27H2,1-9H3/b13-12+,28-22+,30-24+/t29-,31+,32+,33-,34+,35-,36+,37-,39+,40-,41-,42+,43+,47+/m0/s1. The molecule has 4 rings (SSSR count). The van der Waals surface area contributed by atoms with Gasteiger partial charge in [0.1, 0.15) is 24.0 Å². The summed E-state index contributed by atoms with van der Waals surface area (Å²) in [6.45, 7) is 11.4. The van der Waals surface area contributed by atoms with Gasteiger partial charge >= 0.3 is 5.97 Å². The van der Waals surface area contributed by atoms with Gasteiger partial charge in [-0.1, -0.05) is 64.0 Å². The van der Waals surface area contributed by atoms with Crippen molar-refractivity contribution in [2.45, 2.75) is 180 Å². The minimum atomic E-state index is -2.51. The zero-order valence-electron chi connectivity index (χ0n) is 37.7. The van der Waals surface area contributed by atoms with Crippen LogP contribution >= 0.6 is 0 Å². The third kappa shape index (κ3) is 12.4. The molecule has 3 heterocycles. The van der Waals surface area contributed by atoms with Crippen LogP contribution in [-0.2, 0) is 42.9 Å². The molecule has 60 heavy (non-hydrogen) atoms. The Hall–Kier alpha value is -2.78. The molecule has 0 aromatic rings. The lowest BCUT2D eigenvalue weighted by Crippen LogP contribution is -2.64. The normalized spacial score (nSPS) is 39.7. The quantitative estimate of drug-likeness (QED) is 0.144. The summed E-state index contributed by atoms with van der Waals surface area (Å²) in [5, 5.41) is 34.4. The fourth-order valence-electron chi connectivity index (χ4n) is 9.77. The predicted molar refractivity (Wildman–Crippen MR) is 226 cm³/mol. The number of cyclic esters (lactones) is 1. The third-order valence-electron chi connectivity index (χ3n) is 13.5. The summed E-state index contributed by atoms with van der Waals surface area (Å²) in [4.78, 5) is 58.3. The first-order chi connectivity index (χ1) is 28.5. The summed E-state index contributed by atoms with van der Waals surface area (Å²) in [5.41, 5.74) is 1.65. The summed E-state index contributed by atoms with van der Waals surface area (Å²) >= 11 is 0. The van der Waals surface area contributed by atoms with Crippen molar-refractivity contribution in [2.24, 2.45) is 29.6 Å². The van der Waals surface area contributed by atoms with E-state index in [2.05, 4.69) is 19.9 Å². The van der Waals surface area contributed by atoms with Crippen molar-refractivity contribution >= 4 is 23.4 Å². The molecule has 13 nitrogen and oxygen atoms in total. The molecule has 0 aromatic heterocycles. The van der Waals surface area contributed by atoms with Crippen LogP contribution in [0.4, 0.5) is 0 Å². The molecule has 1 saturated carbocycles. The number of piperidine rings is 1. The Morgan fingerprint density at radius 3 is 2.25 bits per heavy atom. The van der Waals surface area contributed by atoms with Gasteiger partial charge in [0.05, 0.1) is 30.5 Å². The molecule has 13 heteroatoms. The number of carbonyl (C=O) groups is 4. The van der Waals surface area contributed by atoms with Crippen LogP contribution in [-0.4, -0.2) is 126 Å². The van der Waals surface area contributed by atoms with Crippen molar-refractivity contribution < 1.29 is 58.2 Å². The number of nitrogens with zero attached hydrogens (tertiary/aromatic N) is 1. The Bertz CT molecular complexity index is 1540. The fraction of sp³-hybridized carbons (Fsp3) is 0.787. The Labute approximate surface area is 358 Å². The van der Waals surface area contributed by atoms with Crippen molar-refractivity contribution in [1.82, 2.24) is 4.90 Å². The minimum absolute atomic E-state index is 0.00852. The molecule has 0 aromatic carbocycles. The summed E-state index contributed by atoms with van der Waals surface area (Å²) < 4.78 is 29.9. The van der Waals surface area contributed by atoms with Gasteiger partial charge in [-0.05, 0) is 102 Å². The second-order valence-electron chi connectivity index (χ2n) is 18.2. The summed E-state index contributed by atoms with van der Waals surface area (Å²) in [6, 6.07) is -1.14. The van der Waals surface area contributed by atoms with Crippen LogP contribution in [0.5, 0.6) is 0 Å². The Balaban J connectivity index is 1.79. The molecule has 0 spiro atoms. The highest BCUT2D eigenvalue weighted by Gasteiger charge is 2.56. The molecule has 14 atom stereocenters. The van der Waals surface area contributed by atoms with Crippen LogP contribution in [0.3, 0.4) is 0 Å². The maximum absolute atomic E-state index is 14.4. The average Bonchev–Trinajstić information content (AvgIpc) is 3.23. The highest BCUT2D eigenvalue weighted by Crippen LogP contribution is 2.39. The number of fused-ring (bicyclic) bond motifs is 3. The van der Waals surface area contributed by atoms with Gasteiger partial charge < -0.3 is 43.9 Å². The maximum atomic E-state index is 14.4. The van der Waals surface area contributed by atoms with E-state index in [0.717, 1.165) is 18.4 Å². The first-order valence-corrected chi connectivity index (χ1v) is 22.4. The number of amides is 1. The minimum Gasteiger partial charge on any atom is -0.456 e. The highest BCUT2D eigenvalue weighted by molar-refractivity contribution is 6.39. The van der Waals surface area contributed by atoms with Crippen LogP contribution in [0.2, 0.25) is 0 Å². The van der Waals surface area contributed by atoms with Crippen molar-refractivity contribution in [3.63, 3.8) is 0 Å². The van der Waals surface area contributed by atoms with Crippen molar-refractivity contribution in [3.8, 4) is 0 Å². The smallest absolute Gasteiger partial charge is 0.329 e. The number of rotatable bonds is 9. The molecule has 1 aliphatic carbocycles. The van der Waals surface area contributed by atoms with Crippen molar-refractivity contribution in [1.29, 1.82) is 0 Å². The van der Waals surface area contributed by atoms with Gasteiger partial charge in [0.2, 0.25) is 5.79 Å². The van der Waals surface area contributed by atoms with E-state index in [1.165, 1.54) is 19.1 Å². The number of ketones is 2. The lowest BCUT2D eigenvalue weighted by atomic mass is 9.81. The topological polar surface area (TPSA) is 178 Å². The van der Waals surface area contributed by atoms with Gasteiger partial charge in [-0.25, -0.2) is 4.79 Å². The molecule has 0 unspecified atom stereocenters. The monoisotopic (exact) mass is 846 g/mol. The van der Waals surface area contributed by atoms with E-state index < -0.39 is 83.9 Å². The highest BCUT2D eigenvalue weighted by atomic mass is 16.7. The summed E-state index contributed by atoms with van der Waals surface area (Å²) in [6.07, 6.45) is 9.48. The SMILES string of the molecule is CCC/C=C/C[C@@H]1/C=C(\C)C[C@H](C)C[C@H](OC)[C@H]2O[C@@](O)(C(=O)C(=O)N3CCCC[C@H]3C(=O)O[C@H](/C(C)=C/[C@@H]3CC[C@@H](O)[C@H](OC)C3)[C@H](C)[C@@H](O)CC1=O)[C@H](C)C[C@@H]2OC. The molecule has 2 saturated heterocycles. The number of aliphatic hydroxyl groups is 3. The van der Waals surface area contributed by atoms with E-state index in [9.17, 15) is 34.5 Å². The Kier molecular flexibility index (Phi) is 19.2. The van der Waals surface area contributed by atoms with Gasteiger partial charge in [0, 0.05) is 52.0 Å². The van der Waals surface area contributed by atoms with E-state index in [4.69, 9.17) is 23.7 Å². The lowest BCUT2D eigenvalue weighted by molar-refractivity contribution is -0.302. The van der Waals surface area contributed by atoms with E-state index in [-0.39, 0.29) is 49.5 Å². The zero-order chi connectivity index (χ0) is 44.3. The number of aliphatic hydroxyl groups excluding tert-OH is 2.